The van der Waals surface area contributed by atoms with Gasteiger partial charge in [0.1, 0.15) is 11.6 Å². The molecular formula is C13H13FN4O3. The molecule has 0 atom stereocenters. The fourth-order valence-electron chi connectivity index (χ4n) is 1.84. The molecule has 1 N–H and O–H groups in total. The zero-order valence-corrected chi connectivity index (χ0v) is 11.5. The number of nitrogens with one attached hydrogen (secondary N) is 1. The highest BCUT2D eigenvalue weighted by Crippen LogP contribution is 2.21. The van der Waals surface area contributed by atoms with E-state index in [1.165, 1.54) is 6.92 Å². The second kappa shape index (κ2) is 5.70. The molecule has 2 aromatic rings. The number of nitro benzene ring substituents is 1. The molecule has 110 valence electrons. The van der Waals surface area contributed by atoms with Gasteiger partial charge in [0.05, 0.1) is 17.0 Å². The molecule has 0 fully saturated rings. The first-order chi connectivity index (χ1) is 9.90. The maximum atomic E-state index is 13.9. The van der Waals surface area contributed by atoms with E-state index in [-0.39, 0.29) is 23.4 Å². The summed E-state index contributed by atoms with van der Waals surface area (Å²) in [6.45, 7) is 1.47. The largest absolute Gasteiger partial charge is 0.345 e. The Balaban J connectivity index is 2.22. The van der Waals surface area contributed by atoms with E-state index in [4.69, 9.17) is 0 Å². The lowest BCUT2D eigenvalue weighted by atomic mass is 10.1. The number of hydrogen-bond donors (Lipinski definition) is 1. The van der Waals surface area contributed by atoms with Crippen LogP contribution in [0.5, 0.6) is 0 Å². The molecule has 0 aliphatic heterocycles. The maximum Gasteiger partial charge on any atom is 0.270 e. The highest BCUT2D eigenvalue weighted by atomic mass is 19.1. The van der Waals surface area contributed by atoms with Crippen LogP contribution in [0, 0.1) is 22.9 Å². The van der Waals surface area contributed by atoms with Crippen molar-refractivity contribution in [3.05, 3.63) is 57.4 Å². The fourth-order valence-corrected chi connectivity index (χ4v) is 1.84. The summed E-state index contributed by atoms with van der Waals surface area (Å²) in [5.74, 6) is -0.897. The number of hydrogen-bond acceptors (Lipinski definition) is 4. The van der Waals surface area contributed by atoms with Crippen LogP contribution in [0.2, 0.25) is 0 Å². The average Bonchev–Trinajstić information content (AvgIpc) is 2.84. The number of aryl methyl sites for hydroxylation is 2. The van der Waals surface area contributed by atoms with Crippen molar-refractivity contribution >= 4 is 11.6 Å². The number of nitro groups is 1. The first-order valence-electron chi connectivity index (χ1n) is 6.09. The van der Waals surface area contributed by atoms with E-state index in [9.17, 15) is 19.3 Å². The van der Waals surface area contributed by atoms with Gasteiger partial charge in [-0.2, -0.15) is 0 Å². The Morgan fingerprint density at radius 3 is 2.81 bits per heavy atom. The van der Waals surface area contributed by atoms with Gasteiger partial charge in [-0.3, -0.25) is 14.9 Å². The number of carbonyl (C=O) groups excluding carboxylic acids is 1. The van der Waals surface area contributed by atoms with Gasteiger partial charge in [0, 0.05) is 31.6 Å². The van der Waals surface area contributed by atoms with Gasteiger partial charge in [-0.05, 0) is 12.5 Å². The molecule has 0 aliphatic carbocycles. The molecule has 1 amide bonds. The summed E-state index contributed by atoms with van der Waals surface area (Å²) >= 11 is 0. The predicted octanol–water partition coefficient (Wildman–Crippen LogP) is 1.71. The molecule has 0 bridgehead atoms. The molecule has 0 spiro atoms. The Morgan fingerprint density at radius 1 is 1.52 bits per heavy atom. The van der Waals surface area contributed by atoms with Gasteiger partial charge in [-0.15, -0.1) is 0 Å². The van der Waals surface area contributed by atoms with Gasteiger partial charge in [0.25, 0.3) is 11.6 Å². The van der Waals surface area contributed by atoms with Gasteiger partial charge in [0.15, 0.2) is 0 Å². The lowest BCUT2D eigenvalue weighted by Crippen LogP contribution is -2.25. The molecule has 0 saturated carbocycles. The summed E-state index contributed by atoms with van der Waals surface area (Å²) in [5.41, 5.74) is -0.627. The molecule has 1 aromatic heterocycles. The fraction of sp³-hybridized carbons (Fsp3) is 0.231. The number of non-ortho nitro benzene ring substituents is 1. The van der Waals surface area contributed by atoms with Gasteiger partial charge >= 0.3 is 0 Å². The summed E-state index contributed by atoms with van der Waals surface area (Å²) in [6, 6.07) is 2.01. The number of rotatable bonds is 4. The second-order valence-corrected chi connectivity index (χ2v) is 4.52. The standard InChI is InChI=1S/C13H13FN4O3/c1-8-5-9(18(20)21)6-10(12(8)14)13(19)16-7-11-15-3-4-17(11)2/h3-6H,7H2,1-2H3,(H,16,19). The van der Waals surface area contributed by atoms with Crippen LogP contribution in [0.3, 0.4) is 0 Å². The van der Waals surface area contributed by atoms with Gasteiger partial charge in [-0.1, -0.05) is 0 Å². The van der Waals surface area contributed by atoms with Gasteiger partial charge in [-0.25, -0.2) is 9.37 Å². The lowest BCUT2D eigenvalue weighted by molar-refractivity contribution is -0.385. The van der Waals surface area contributed by atoms with Crippen LogP contribution in [0.4, 0.5) is 10.1 Å². The average molecular weight is 292 g/mol. The summed E-state index contributed by atoms with van der Waals surface area (Å²) in [7, 11) is 1.76. The molecule has 0 unspecified atom stereocenters. The van der Waals surface area contributed by atoms with E-state index < -0.39 is 16.6 Å². The highest BCUT2D eigenvalue weighted by Gasteiger charge is 2.19. The van der Waals surface area contributed by atoms with E-state index in [0.29, 0.717) is 5.82 Å². The minimum atomic E-state index is -0.766. The van der Waals surface area contributed by atoms with Crippen molar-refractivity contribution in [3.8, 4) is 0 Å². The molecule has 2 rings (SSSR count). The monoisotopic (exact) mass is 292 g/mol. The van der Waals surface area contributed by atoms with E-state index in [1.54, 1.807) is 24.0 Å². The number of imidazole rings is 1. The Hall–Kier alpha value is -2.77. The Bertz CT molecular complexity index is 711. The first-order valence-corrected chi connectivity index (χ1v) is 6.09. The van der Waals surface area contributed by atoms with Crippen LogP contribution in [0.15, 0.2) is 24.5 Å². The number of benzene rings is 1. The van der Waals surface area contributed by atoms with Crippen molar-refractivity contribution < 1.29 is 14.1 Å². The third-order valence-corrected chi connectivity index (χ3v) is 3.02. The van der Waals surface area contributed by atoms with Gasteiger partial charge < -0.3 is 9.88 Å². The quantitative estimate of drug-likeness (QED) is 0.686. The Labute approximate surface area is 119 Å². The minimum absolute atomic E-state index is 0.0475. The number of amides is 1. The van der Waals surface area contributed by atoms with Gasteiger partial charge in [0.2, 0.25) is 0 Å². The molecule has 0 radical (unpaired) electrons. The van der Waals surface area contributed by atoms with Crippen molar-refractivity contribution in [1.82, 2.24) is 14.9 Å². The van der Waals surface area contributed by atoms with Crippen LogP contribution in [0.1, 0.15) is 21.7 Å². The highest BCUT2D eigenvalue weighted by molar-refractivity contribution is 5.95. The zero-order chi connectivity index (χ0) is 15.6. The second-order valence-electron chi connectivity index (χ2n) is 4.52. The molecular weight excluding hydrogens is 279 g/mol. The topological polar surface area (TPSA) is 90.1 Å². The number of halogens is 1. The summed E-state index contributed by atoms with van der Waals surface area (Å²) in [6.07, 6.45) is 3.28. The van der Waals surface area contributed by atoms with Crippen molar-refractivity contribution in [2.45, 2.75) is 13.5 Å². The maximum absolute atomic E-state index is 13.9. The van der Waals surface area contributed by atoms with Crippen molar-refractivity contribution in [2.75, 3.05) is 0 Å². The van der Waals surface area contributed by atoms with Crippen molar-refractivity contribution in [3.63, 3.8) is 0 Å². The Morgan fingerprint density at radius 2 is 2.24 bits per heavy atom. The molecule has 1 heterocycles. The van der Waals surface area contributed by atoms with E-state index in [0.717, 1.165) is 12.1 Å². The normalized spacial score (nSPS) is 10.4. The van der Waals surface area contributed by atoms with Crippen LogP contribution in [-0.2, 0) is 13.6 Å². The third kappa shape index (κ3) is 3.04. The lowest BCUT2D eigenvalue weighted by Gasteiger charge is -2.08. The van der Waals surface area contributed by atoms with Crippen LogP contribution < -0.4 is 5.32 Å². The van der Waals surface area contributed by atoms with E-state index in [1.807, 2.05) is 0 Å². The van der Waals surface area contributed by atoms with Crippen LogP contribution >= 0.6 is 0 Å². The van der Waals surface area contributed by atoms with E-state index in [2.05, 4.69) is 10.3 Å². The number of carbonyl (C=O) groups is 1. The molecule has 21 heavy (non-hydrogen) atoms. The Kier molecular flexibility index (Phi) is 3.97. The SMILES string of the molecule is Cc1cc([N+](=O)[O-])cc(C(=O)NCc2nccn2C)c1F. The van der Waals surface area contributed by atoms with Crippen LogP contribution in [0.25, 0.3) is 0 Å². The third-order valence-electron chi connectivity index (χ3n) is 3.02. The van der Waals surface area contributed by atoms with E-state index >= 15 is 0 Å². The molecule has 7 nitrogen and oxygen atoms in total. The molecule has 8 heteroatoms. The smallest absolute Gasteiger partial charge is 0.270 e. The molecule has 0 aliphatic rings. The van der Waals surface area contributed by atoms with Crippen LogP contribution in [-0.4, -0.2) is 20.4 Å². The predicted molar refractivity (Wildman–Crippen MR) is 72.2 cm³/mol. The molecule has 1 aromatic carbocycles. The summed E-state index contributed by atoms with van der Waals surface area (Å²) in [4.78, 5) is 26.1. The minimum Gasteiger partial charge on any atom is -0.345 e. The summed E-state index contributed by atoms with van der Waals surface area (Å²) < 4.78 is 15.6. The zero-order valence-electron chi connectivity index (χ0n) is 11.5. The summed E-state index contributed by atoms with van der Waals surface area (Å²) in [5, 5.41) is 13.3. The van der Waals surface area contributed by atoms with Crippen molar-refractivity contribution in [1.29, 1.82) is 0 Å². The molecule has 0 saturated heterocycles. The number of aromatic nitrogens is 2. The number of nitrogens with zero attached hydrogens (tertiary/aromatic N) is 3. The van der Waals surface area contributed by atoms with Crippen molar-refractivity contribution in [2.24, 2.45) is 7.05 Å². The first kappa shape index (κ1) is 14.6.